The quantitative estimate of drug-likeness (QED) is 0.127. The molecule has 0 spiro atoms. The predicted molar refractivity (Wildman–Crippen MR) is 131 cm³/mol. The number of nitrogens with one attached hydrogen (secondary N) is 2. The van der Waals surface area contributed by atoms with Crippen molar-refractivity contribution in [2.24, 2.45) is 28.7 Å². The van der Waals surface area contributed by atoms with Gasteiger partial charge in [0, 0.05) is 31.1 Å². The summed E-state index contributed by atoms with van der Waals surface area (Å²) in [5.41, 5.74) is 0. The van der Waals surface area contributed by atoms with Crippen molar-refractivity contribution < 1.29 is 9.59 Å². The number of hydrogen-bond acceptors (Lipinski definition) is 4. The number of carbonyl (C=O) groups excluding carboxylic acids is 2. The van der Waals surface area contributed by atoms with Gasteiger partial charge in [0.25, 0.3) is 0 Å². The first kappa shape index (κ1) is 23.5. The number of guanidine groups is 1. The molecule has 9 heteroatoms. The summed E-state index contributed by atoms with van der Waals surface area (Å²) < 4.78 is 0.805. The van der Waals surface area contributed by atoms with Crippen LogP contribution in [0, 0.1) is 23.7 Å². The molecule has 6 nitrogen and oxygen atoms in total. The van der Waals surface area contributed by atoms with Gasteiger partial charge < -0.3 is 10.6 Å². The molecule has 4 unspecified atom stereocenters. The molecule has 2 aliphatic carbocycles. The number of aliphatic imine (C=N–C) groups is 1. The third-order valence-electron chi connectivity index (χ3n) is 6.01. The van der Waals surface area contributed by atoms with E-state index in [1.165, 1.54) is 9.78 Å². The Kier molecular flexibility index (Phi) is 8.20. The third-order valence-corrected chi connectivity index (χ3v) is 7.30. The van der Waals surface area contributed by atoms with Crippen LogP contribution in [0.4, 0.5) is 0 Å². The monoisotopic (exact) mass is 562 g/mol. The summed E-state index contributed by atoms with van der Waals surface area (Å²) in [6.45, 7) is 4.60. The number of halogens is 2. The van der Waals surface area contributed by atoms with Crippen LogP contribution in [-0.4, -0.2) is 48.9 Å². The highest BCUT2D eigenvalue weighted by Gasteiger charge is 2.58. The van der Waals surface area contributed by atoms with Crippen LogP contribution >= 0.6 is 46.9 Å². The number of imide groups is 1. The van der Waals surface area contributed by atoms with Crippen molar-refractivity contribution in [3.63, 3.8) is 0 Å². The van der Waals surface area contributed by atoms with Crippen molar-refractivity contribution in [2.75, 3.05) is 26.2 Å². The van der Waals surface area contributed by atoms with Crippen molar-refractivity contribution in [1.29, 1.82) is 0 Å². The molecule has 2 bridgehead atoms. The maximum absolute atomic E-state index is 12.7. The minimum absolute atomic E-state index is 0. The number of carbonyl (C=O) groups is 2. The molecule has 1 aromatic heterocycles. The fourth-order valence-electron chi connectivity index (χ4n) is 4.74. The van der Waals surface area contributed by atoms with Gasteiger partial charge >= 0.3 is 0 Å². The molecular weight excluding hydrogens is 535 g/mol. The Morgan fingerprint density at radius 2 is 1.90 bits per heavy atom. The van der Waals surface area contributed by atoms with Crippen LogP contribution in [0.1, 0.15) is 24.6 Å². The lowest BCUT2D eigenvalue weighted by Gasteiger charge is -2.17. The summed E-state index contributed by atoms with van der Waals surface area (Å²) in [4.78, 5) is 32.7. The number of hydrogen-bond donors (Lipinski definition) is 2. The zero-order valence-electron chi connectivity index (χ0n) is 17.0. The van der Waals surface area contributed by atoms with E-state index in [1.54, 1.807) is 11.3 Å². The zero-order chi connectivity index (χ0) is 20.4. The first-order valence-corrected chi connectivity index (χ1v) is 11.6. The normalized spacial score (nSPS) is 26.9. The average molecular weight is 563 g/mol. The molecule has 0 radical (unpaired) electrons. The summed E-state index contributed by atoms with van der Waals surface area (Å²) >= 11 is 7.56. The van der Waals surface area contributed by atoms with Crippen LogP contribution in [-0.2, 0) is 16.0 Å². The smallest absolute Gasteiger partial charge is 0.233 e. The second-order valence-electron chi connectivity index (χ2n) is 7.82. The highest BCUT2D eigenvalue weighted by Crippen LogP contribution is 2.52. The molecular formula is C21H28ClIN4O2S. The number of likely N-dealkylation sites (tertiary alicyclic amines) is 1. The van der Waals surface area contributed by atoms with E-state index in [4.69, 9.17) is 11.6 Å². The molecule has 1 saturated heterocycles. The summed E-state index contributed by atoms with van der Waals surface area (Å²) in [5, 5.41) is 6.56. The Labute approximate surface area is 203 Å². The molecule has 1 aliphatic heterocycles. The number of fused-ring (bicyclic) bond motifs is 5. The van der Waals surface area contributed by atoms with Gasteiger partial charge in [-0.05, 0) is 50.2 Å². The van der Waals surface area contributed by atoms with E-state index in [2.05, 4.69) is 27.8 Å². The number of allylic oxidation sites excluding steroid dienone is 2. The molecule has 4 rings (SSSR count). The Morgan fingerprint density at radius 1 is 1.20 bits per heavy atom. The van der Waals surface area contributed by atoms with Gasteiger partial charge in [-0.2, -0.15) is 0 Å². The molecule has 2 fully saturated rings. The van der Waals surface area contributed by atoms with E-state index < -0.39 is 0 Å². The first-order valence-electron chi connectivity index (χ1n) is 10.4. The van der Waals surface area contributed by atoms with Gasteiger partial charge in [0.2, 0.25) is 11.8 Å². The highest BCUT2D eigenvalue weighted by atomic mass is 127. The summed E-state index contributed by atoms with van der Waals surface area (Å²) in [6.07, 6.45) is 6.79. The maximum atomic E-state index is 12.7. The van der Waals surface area contributed by atoms with Crippen molar-refractivity contribution in [3.8, 4) is 0 Å². The number of thiophene rings is 1. The van der Waals surface area contributed by atoms with Gasteiger partial charge in [0.15, 0.2) is 5.96 Å². The Bertz CT molecular complexity index is 813. The zero-order valence-corrected chi connectivity index (χ0v) is 20.9. The van der Waals surface area contributed by atoms with Gasteiger partial charge in [-0.15, -0.1) is 35.3 Å². The van der Waals surface area contributed by atoms with Gasteiger partial charge in [-0.25, -0.2) is 0 Å². The lowest BCUT2D eigenvalue weighted by atomic mass is 9.85. The largest absolute Gasteiger partial charge is 0.357 e. The summed E-state index contributed by atoms with van der Waals surface area (Å²) in [6, 6.07) is 3.96. The van der Waals surface area contributed by atoms with Crippen molar-refractivity contribution >= 4 is 64.7 Å². The van der Waals surface area contributed by atoms with Crippen LogP contribution in [0.3, 0.4) is 0 Å². The SMILES string of the molecule is CCNC(=NCCCN1C(=O)C2C3C=CC(C3)C2C1=O)NCCc1ccc(Cl)s1.I. The molecule has 2 amide bonds. The lowest BCUT2D eigenvalue weighted by molar-refractivity contribution is -0.140. The van der Waals surface area contributed by atoms with Crippen molar-refractivity contribution in [3.05, 3.63) is 33.5 Å². The van der Waals surface area contributed by atoms with Crippen LogP contribution in [0.25, 0.3) is 0 Å². The Balaban J connectivity index is 0.00000256. The van der Waals surface area contributed by atoms with Crippen LogP contribution in [0.15, 0.2) is 29.3 Å². The van der Waals surface area contributed by atoms with Crippen molar-refractivity contribution in [1.82, 2.24) is 15.5 Å². The van der Waals surface area contributed by atoms with Gasteiger partial charge in [0.05, 0.1) is 16.2 Å². The van der Waals surface area contributed by atoms with Crippen LogP contribution in [0.2, 0.25) is 4.34 Å². The molecule has 4 atom stereocenters. The van der Waals surface area contributed by atoms with E-state index in [-0.39, 0.29) is 59.5 Å². The first-order chi connectivity index (χ1) is 14.1. The van der Waals surface area contributed by atoms with Crippen molar-refractivity contribution in [2.45, 2.75) is 26.2 Å². The fraction of sp³-hybridized carbons (Fsp3) is 0.571. The van der Waals surface area contributed by atoms with Gasteiger partial charge in [-0.1, -0.05) is 23.8 Å². The standard InChI is InChI=1S/C21H27ClN4O2S.HI/c1-2-23-21(25-10-8-15-6-7-16(22)29-15)24-9-3-11-26-19(27)17-13-4-5-14(12-13)18(17)20(26)28;/h4-7,13-14,17-18H,2-3,8-12H2,1H3,(H2,23,24,25);1H. The third kappa shape index (κ3) is 4.85. The van der Waals surface area contributed by atoms with E-state index in [0.717, 1.165) is 36.2 Å². The van der Waals surface area contributed by atoms with Gasteiger partial charge in [0.1, 0.15) is 0 Å². The molecule has 0 aromatic carbocycles. The maximum Gasteiger partial charge on any atom is 0.233 e. The number of rotatable bonds is 8. The van der Waals surface area contributed by atoms with Crippen LogP contribution < -0.4 is 10.6 Å². The minimum Gasteiger partial charge on any atom is -0.357 e. The molecule has 30 heavy (non-hydrogen) atoms. The Hall–Kier alpha value is -1.13. The Morgan fingerprint density at radius 3 is 2.50 bits per heavy atom. The summed E-state index contributed by atoms with van der Waals surface area (Å²) in [7, 11) is 0. The lowest BCUT2D eigenvalue weighted by Crippen LogP contribution is -2.38. The number of nitrogens with zero attached hydrogens (tertiary/aromatic N) is 2. The minimum atomic E-state index is -0.106. The predicted octanol–water partition coefficient (Wildman–Crippen LogP) is 3.31. The van der Waals surface area contributed by atoms with E-state index in [0.29, 0.717) is 19.5 Å². The molecule has 2 N–H and O–H groups in total. The topological polar surface area (TPSA) is 73.8 Å². The highest BCUT2D eigenvalue weighted by molar-refractivity contribution is 14.0. The second kappa shape index (κ2) is 10.5. The summed E-state index contributed by atoms with van der Waals surface area (Å²) in [5.74, 6) is 1.14. The van der Waals surface area contributed by atoms with E-state index in [1.807, 2.05) is 19.1 Å². The van der Waals surface area contributed by atoms with E-state index in [9.17, 15) is 9.59 Å². The molecule has 1 aromatic rings. The average Bonchev–Trinajstić information content (AvgIpc) is 3.46. The van der Waals surface area contributed by atoms with Crippen LogP contribution in [0.5, 0.6) is 0 Å². The van der Waals surface area contributed by atoms with E-state index >= 15 is 0 Å². The molecule has 1 saturated carbocycles. The molecule has 3 aliphatic rings. The van der Waals surface area contributed by atoms with Gasteiger partial charge in [-0.3, -0.25) is 19.5 Å². The molecule has 164 valence electrons. The number of amides is 2. The fourth-order valence-corrected chi connectivity index (χ4v) is 5.82. The second-order valence-corrected chi connectivity index (χ2v) is 9.62. The molecule has 2 heterocycles.